The van der Waals surface area contributed by atoms with Crippen LogP contribution < -0.4 is 0 Å². The van der Waals surface area contributed by atoms with Gasteiger partial charge < -0.3 is 9.42 Å². The van der Waals surface area contributed by atoms with Crippen LogP contribution in [-0.2, 0) is 20.4 Å². The van der Waals surface area contributed by atoms with Crippen LogP contribution in [0.1, 0.15) is 43.2 Å². The Morgan fingerprint density at radius 2 is 1.90 bits per heavy atom. The lowest BCUT2D eigenvalue weighted by Crippen LogP contribution is -2.44. The van der Waals surface area contributed by atoms with E-state index in [9.17, 15) is 13.2 Å². The molecule has 2 rings (SSSR count). The minimum atomic E-state index is -3.57. The van der Waals surface area contributed by atoms with E-state index in [0.717, 1.165) is 19.3 Å². The lowest BCUT2D eigenvalue weighted by Gasteiger charge is -2.29. The van der Waals surface area contributed by atoms with Crippen molar-refractivity contribution in [1.82, 2.24) is 10.1 Å². The second-order valence-electron chi connectivity index (χ2n) is 5.64. The average Bonchev–Trinajstić information content (AvgIpc) is 2.78. The average molecular weight is 314 g/mol. The summed E-state index contributed by atoms with van der Waals surface area (Å²) in [6, 6.07) is 0. The van der Waals surface area contributed by atoms with Crippen LogP contribution in [0.4, 0.5) is 0 Å². The van der Waals surface area contributed by atoms with E-state index < -0.39 is 15.1 Å². The Kier molecular flexibility index (Phi) is 4.70. The number of sulfone groups is 1. The monoisotopic (exact) mass is 314 g/mol. The van der Waals surface area contributed by atoms with Gasteiger partial charge in [-0.05, 0) is 40.0 Å². The van der Waals surface area contributed by atoms with E-state index in [2.05, 4.69) is 5.16 Å². The van der Waals surface area contributed by atoms with Gasteiger partial charge in [0.1, 0.15) is 11.0 Å². The van der Waals surface area contributed by atoms with Crippen LogP contribution in [0, 0.1) is 13.8 Å². The second kappa shape index (κ2) is 6.17. The predicted molar refractivity (Wildman–Crippen MR) is 78.5 cm³/mol. The van der Waals surface area contributed by atoms with Crippen molar-refractivity contribution in [1.29, 1.82) is 0 Å². The zero-order valence-electron chi connectivity index (χ0n) is 12.8. The number of nitrogens with zero attached hydrogens (tertiary/aromatic N) is 2. The SMILES string of the molecule is Cc1noc(C)c1CS(=O)(=O)[C@H](C)C(=O)N1CCCCC1. The van der Waals surface area contributed by atoms with E-state index in [0.29, 0.717) is 30.1 Å². The third-order valence-electron chi connectivity index (χ3n) is 4.08. The molecule has 7 heteroatoms. The Morgan fingerprint density at radius 1 is 1.29 bits per heavy atom. The summed E-state index contributed by atoms with van der Waals surface area (Å²) in [6.45, 7) is 6.18. The molecule has 2 heterocycles. The Morgan fingerprint density at radius 3 is 2.43 bits per heavy atom. The number of amides is 1. The van der Waals surface area contributed by atoms with Crippen molar-refractivity contribution >= 4 is 15.7 Å². The van der Waals surface area contributed by atoms with Crippen LogP contribution in [0.15, 0.2) is 4.52 Å². The first-order chi connectivity index (χ1) is 9.83. The molecule has 118 valence electrons. The first-order valence-electron chi connectivity index (χ1n) is 7.25. The third-order valence-corrected chi connectivity index (χ3v) is 6.05. The number of carbonyl (C=O) groups excluding carboxylic acids is 1. The van der Waals surface area contributed by atoms with E-state index in [1.54, 1.807) is 18.7 Å². The topological polar surface area (TPSA) is 80.5 Å². The highest BCUT2D eigenvalue weighted by atomic mass is 32.2. The van der Waals surface area contributed by atoms with Gasteiger partial charge in [-0.2, -0.15) is 0 Å². The lowest BCUT2D eigenvalue weighted by atomic mass is 10.1. The lowest BCUT2D eigenvalue weighted by molar-refractivity contribution is -0.131. The third kappa shape index (κ3) is 3.45. The maximum atomic E-state index is 12.5. The summed E-state index contributed by atoms with van der Waals surface area (Å²) in [4.78, 5) is 14.0. The minimum Gasteiger partial charge on any atom is -0.361 e. The van der Waals surface area contributed by atoms with Crippen molar-refractivity contribution in [3.05, 3.63) is 17.0 Å². The fraction of sp³-hybridized carbons (Fsp3) is 0.714. The molecule has 6 nitrogen and oxygen atoms in total. The Balaban J connectivity index is 2.13. The number of carbonyl (C=O) groups is 1. The van der Waals surface area contributed by atoms with Crippen LogP contribution in [0.3, 0.4) is 0 Å². The quantitative estimate of drug-likeness (QED) is 0.843. The molecule has 0 bridgehead atoms. The van der Waals surface area contributed by atoms with Crippen LogP contribution in [-0.4, -0.2) is 42.7 Å². The van der Waals surface area contributed by atoms with Gasteiger partial charge >= 0.3 is 0 Å². The molecule has 21 heavy (non-hydrogen) atoms. The highest BCUT2D eigenvalue weighted by Gasteiger charge is 2.33. The highest BCUT2D eigenvalue weighted by molar-refractivity contribution is 7.92. The first kappa shape index (κ1) is 16.0. The van der Waals surface area contributed by atoms with Gasteiger partial charge in [0, 0.05) is 18.7 Å². The van der Waals surface area contributed by atoms with Crippen LogP contribution in [0.5, 0.6) is 0 Å². The maximum Gasteiger partial charge on any atom is 0.240 e. The van der Waals surface area contributed by atoms with Crippen molar-refractivity contribution in [2.45, 2.75) is 51.0 Å². The number of aromatic nitrogens is 1. The van der Waals surface area contributed by atoms with E-state index >= 15 is 0 Å². The normalized spacial score (nSPS) is 17.8. The molecule has 0 saturated carbocycles. The van der Waals surface area contributed by atoms with Crippen LogP contribution >= 0.6 is 0 Å². The number of rotatable bonds is 4. The molecule has 0 spiro atoms. The van der Waals surface area contributed by atoms with Crippen molar-refractivity contribution in [2.24, 2.45) is 0 Å². The van der Waals surface area contributed by atoms with Crippen molar-refractivity contribution < 1.29 is 17.7 Å². The second-order valence-corrected chi connectivity index (χ2v) is 7.96. The molecule has 0 N–H and O–H groups in total. The molecule has 0 aliphatic carbocycles. The summed E-state index contributed by atoms with van der Waals surface area (Å²) in [5.74, 6) is 0.00436. The van der Waals surface area contributed by atoms with E-state index in [1.807, 2.05) is 0 Å². The number of aryl methyl sites for hydroxylation is 2. The summed E-state index contributed by atoms with van der Waals surface area (Å²) in [5, 5.41) is 2.74. The van der Waals surface area contributed by atoms with Crippen LogP contribution in [0.2, 0.25) is 0 Å². The van der Waals surface area contributed by atoms with Gasteiger partial charge in [0.2, 0.25) is 5.91 Å². The largest absolute Gasteiger partial charge is 0.361 e. The van der Waals surface area contributed by atoms with Crippen molar-refractivity contribution in [2.75, 3.05) is 13.1 Å². The number of piperidine rings is 1. The fourth-order valence-electron chi connectivity index (χ4n) is 2.56. The van der Waals surface area contributed by atoms with E-state index in [-0.39, 0.29) is 11.7 Å². The Bertz CT molecular complexity index is 595. The van der Waals surface area contributed by atoms with Gasteiger partial charge in [-0.15, -0.1) is 0 Å². The molecular formula is C14H22N2O4S. The van der Waals surface area contributed by atoms with Crippen molar-refractivity contribution in [3.8, 4) is 0 Å². The molecule has 0 aromatic carbocycles. The molecule has 1 aliphatic heterocycles. The Labute approximate surface area is 125 Å². The summed E-state index contributed by atoms with van der Waals surface area (Å²) < 4.78 is 29.9. The highest BCUT2D eigenvalue weighted by Crippen LogP contribution is 2.20. The van der Waals surface area contributed by atoms with Gasteiger partial charge in [0.15, 0.2) is 9.84 Å². The molecular weight excluding hydrogens is 292 g/mol. The van der Waals surface area contributed by atoms with E-state index in [1.165, 1.54) is 6.92 Å². The smallest absolute Gasteiger partial charge is 0.240 e. The fourth-order valence-corrected chi connectivity index (χ4v) is 4.08. The van der Waals surface area contributed by atoms with Gasteiger partial charge in [0.25, 0.3) is 0 Å². The number of likely N-dealkylation sites (tertiary alicyclic amines) is 1. The first-order valence-corrected chi connectivity index (χ1v) is 8.96. The molecule has 1 aromatic heterocycles. The minimum absolute atomic E-state index is 0.199. The van der Waals surface area contributed by atoms with E-state index in [4.69, 9.17) is 4.52 Å². The van der Waals surface area contributed by atoms with Crippen LogP contribution in [0.25, 0.3) is 0 Å². The van der Waals surface area contributed by atoms with Gasteiger partial charge in [-0.1, -0.05) is 5.16 Å². The standard InChI is InChI=1S/C14H22N2O4S/c1-10-13(11(2)20-15-10)9-21(18,19)12(3)14(17)16-7-5-4-6-8-16/h12H,4-9H2,1-3H3/t12-/m1/s1. The molecule has 1 amide bonds. The summed E-state index contributed by atoms with van der Waals surface area (Å²) in [7, 11) is -3.57. The molecule has 1 aromatic rings. The molecule has 0 radical (unpaired) electrons. The Hall–Kier alpha value is -1.37. The zero-order valence-corrected chi connectivity index (χ0v) is 13.6. The maximum absolute atomic E-state index is 12.5. The summed E-state index contributed by atoms with van der Waals surface area (Å²) in [6.07, 6.45) is 2.99. The molecule has 1 saturated heterocycles. The van der Waals surface area contributed by atoms with Gasteiger partial charge in [-0.3, -0.25) is 4.79 Å². The summed E-state index contributed by atoms with van der Waals surface area (Å²) in [5.41, 5.74) is 1.13. The zero-order chi connectivity index (χ0) is 15.6. The molecule has 0 unspecified atom stereocenters. The molecule has 1 fully saturated rings. The predicted octanol–water partition coefficient (Wildman–Crippen LogP) is 1.61. The number of hydrogen-bond acceptors (Lipinski definition) is 5. The van der Waals surface area contributed by atoms with Gasteiger partial charge in [0.05, 0.1) is 11.4 Å². The number of hydrogen-bond donors (Lipinski definition) is 0. The van der Waals surface area contributed by atoms with Crippen molar-refractivity contribution in [3.63, 3.8) is 0 Å². The van der Waals surface area contributed by atoms with Gasteiger partial charge in [-0.25, -0.2) is 8.42 Å². The summed E-state index contributed by atoms with van der Waals surface area (Å²) >= 11 is 0. The molecule has 1 aliphatic rings. The molecule has 1 atom stereocenters.